The van der Waals surface area contributed by atoms with Gasteiger partial charge in [0.1, 0.15) is 5.75 Å². The highest BCUT2D eigenvalue weighted by Gasteiger charge is 2.08. The van der Waals surface area contributed by atoms with Gasteiger partial charge in [0.2, 0.25) is 5.91 Å². The third kappa shape index (κ3) is 5.02. The Morgan fingerprint density at radius 3 is 2.48 bits per heavy atom. The van der Waals surface area contributed by atoms with E-state index in [0.717, 1.165) is 16.9 Å². The molecule has 0 saturated carbocycles. The molecule has 0 spiro atoms. The molecule has 0 aromatic heterocycles. The molecule has 0 bridgehead atoms. The molecule has 0 unspecified atom stereocenters. The van der Waals surface area contributed by atoms with Crippen molar-refractivity contribution in [2.24, 2.45) is 0 Å². The molecule has 5 heteroatoms. The Balaban J connectivity index is 1.99. The van der Waals surface area contributed by atoms with Crippen LogP contribution < -0.4 is 10.1 Å². The monoisotopic (exact) mass is 349 g/mol. The lowest BCUT2D eigenvalue weighted by Gasteiger charge is -2.13. The normalized spacial score (nSPS) is 12.2. The number of hydrogen-bond acceptors (Lipinski definition) is 2. The van der Waals surface area contributed by atoms with Crippen LogP contribution in [0.5, 0.6) is 5.75 Å². The lowest BCUT2D eigenvalue weighted by Crippen LogP contribution is -2.24. The van der Waals surface area contributed by atoms with E-state index < -0.39 is 0 Å². The summed E-state index contributed by atoms with van der Waals surface area (Å²) in [5.74, 6) is 0.587. The summed E-state index contributed by atoms with van der Waals surface area (Å²) in [6.45, 7) is 1.92. The van der Waals surface area contributed by atoms with Crippen molar-refractivity contribution in [2.75, 3.05) is 7.11 Å². The van der Waals surface area contributed by atoms with Crippen LogP contribution in [0.4, 0.5) is 0 Å². The van der Waals surface area contributed by atoms with Gasteiger partial charge >= 0.3 is 0 Å². The van der Waals surface area contributed by atoms with Gasteiger partial charge in [-0.15, -0.1) is 0 Å². The molecule has 23 heavy (non-hydrogen) atoms. The van der Waals surface area contributed by atoms with Crippen LogP contribution in [0, 0.1) is 0 Å². The number of carbonyl (C=O) groups is 1. The van der Waals surface area contributed by atoms with Gasteiger partial charge in [0.15, 0.2) is 0 Å². The fourth-order valence-corrected chi connectivity index (χ4v) is 2.51. The van der Waals surface area contributed by atoms with E-state index in [1.165, 1.54) is 6.08 Å². The number of nitrogens with one attached hydrogen (secondary N) is 1. The van der Waals surface area contributed by atoms with Crippen molar-refractivity contribution in [1.82, 2.24) is 5.32 Å². The third-order valence-electron chi connectivity index (χ3n) is 3.35. The van der Waals surface area contributed by atoms with Crippen molar-refractivity contribution < 1.29 is 9.53 Å². The first kappa shape index (κ1) is 17.4. The standard InChI is InChI=1S/C18H17Cl2NO2/c1-12(13-4-8-16(23-2)9-5-13)21-18(22)10-6-14-3-7-15(19)11-17(14)20/h3-12H,1-2H3,(H,21,22)/b10-6+/t12-/m0/s1. The van der Waals surface area contributed by atoms with Crippen molar-refractivity contribution in [3.8, 4) is 5.75 Å². The lowest BCUT2D eigenvalue weighted by atomic mass is 10.1. The van der Waals surface area contributed by atoms with Gasteiger partial charge < -0.3 is 10.1 Å². The molecular weight excluding hydrogens is 333 g/mol. The van der Waals surface area contributed by atoms with E-state index in [1.54, 1.807) is 31.4 Å². The highest BCUT2D eigenvalue weighted by molar-refractivity contribution is 6.35. The molecular formula is C18H17Cl2NO2. The molecule has 3 nitrogen and oxygen atoms in total. The summed E-state index contributed by atoms with van der Waals surface area (Å²) in [5, 5.41) is 3.96. The van der Waals surface area contributed by atoms with E-state index in [4.69, 9.17) is 27.9 Å². The Labute approximate surface area is 145 Å². The molecule has 1 N–H and O–H groups in total. The van der Waals surface area contributed by atoms with E-state index in [1.807, 2.05) is 31.2 Å². The number of carbonyl (C=O) groups excluding carboxylic acids is 1. The van der Waals surface area contributed by atoms with E-state index in [2.05, 4.69) is 5.32 Å². The average molecular weight is 350 g/mol. The van der Waals surface area contributed by atoms with E-state index >= 15 is 0 Å². The summed E-state index contributed by atoms with van der Waals surface area (Å²) < 4.78 is 5.12. The fourth-order valence-electron chi connectivity index (χ4n) is 2.04. The van der Waals surface area contributed by atoms with Gasteiger partial charge in [-0.1, -0.05) is 41.4 Å². The zero-order valence-corrected chi connectivity index (χ0v) is 14.4. The Morgan fingerprint density at radius 1 is 1.17 bits per heavy atom. The Morgan fingerprint density at radius 2 is 1.87 bits per heavy atom. The van der Waals surface area contributed by atoms with Crippen LogP contribution in [0.1, 0.15) is 24.1 Å². The molecule has 1 amide bonds. The zero-order valence-electron chi connectivity index (χ0n) is 12.8. The van der Waals surface area contributed by atoms with Gasteiger partial charge in [-0.2, -0.15) is 0 Å². The largest absolute Gasteiger partial charge is 0.497 e. The van der Waals surface area contributed by atoms with Crippen LogP contribution >= 0.6 is 23.2 Å². The molecule has 0 aliphatic rings. The molecule has 0 fully saturated rings. The Hall–Kier alpha value is -1.97. The summed E-state index contributed by atoms with van der Waals surface area (Å²) in [6.07, 6.45) is 3.11. The lowest BCUT2D eigenvalue weighted by molar-refractivity contribution is -0.117. The molecule has 0 aliphatic heterocycles. The summed E-state index contributed by atoms with van der Waals surface area (Å²) in [5.41, 5.74) is 1.74. The van der Waals surface area contributed by atoms with Crippen molar-refractivity contribution in [3.63, 3.8) is 0 Å². The first-order chi connectivity index (χ1) is 11.0. The van der Waals surface area contributed by atoms with E-state index in [-0.39, 0.29) is 11.9 Å². The van der Waals surface area contributed by atoms with Crippen LogP contribution in [-0.4, -0.2) is 13.0 Å². The molecule has 2 rings (SSSR count). The molecule has 2 aromatic carbocycles. The minimum absolute atomic E-state index is 0.112. The van der Waals surface area contributed by atoms with Crippen molar-refractivity contribution >= 4 is 35.2 Å². The third-order valence-corrected chi connectivity index (χ3v) is 3.91. The number of rotatable bonds is 5. The van der Waals surface area contributed by atoms with E-state index in [9.17, 15) is 4.79 Å². The fraction of sp³-hybridized carbons (Fsp3) is 0.167. The molecule has 120 valence electrons. The quantitative estimate of drug-likeness (QED) is 0.780. The van der Waals surface area contributed by atoms with Gasteiger partial charge in [0, 0.05) is 16.1 Å². The van der Waals surface area contributed by atoms with Gasteiger partial charge in [0.05, 0.1) is 13.2 Å². The number of amides is 1. The second-order valence-corrected chi connectivity index (χ2v) is 5.85. The number of methoxy groups -OCH3 is 1. The second-order valence-electron chi connectivity index (χ2n) is 5.00. The molecule has 0 heterocycles. The van der Waals surface area contributed by atoms with Gasteiger partial charge in [0.25, 0.3) is 0 Å². The van der Waals surface area contributed by atoms with Gasteiger partial charge in [-0.3, -0.25) is 4.79 Å². The number of halogens is 2. The average Bonchev–Trinajstić information content (AvgIpc) is 2.54. The SMILES string of the molecule is COc1ccc([C@H](C)NC(=O)/C=C/c2ccc(Cl)cc2Cl)cc1. The minimum atomic E-state index is -0.195. The van der Waals surface area contributed by atoms with E-state index in [0.29, 0.717) is 10.0 Å². The predicted octanol–water partition coefficient (Wildman–Crippen LogP) is 4.89. The molecule has 0 radical (unpaired) electrons. The smallest absolute Gasteiger partial charge is 0.244 e. The summed E-state index contributed by atoms with van der Waals surface area (Å²) in [6, 6.07) is 12.6. The topological polar surface area (TPSA) is 38.3 Å². The maximum atomic E-state index is 12.0. The molecule has 0 saturated heterocycles. The maximum absolute atomic E-state index is 12.0. The predicted molar refractivity (Wildman–Crippen MR) is 95.0 cm³/mol. The molecule has 2 aromatic rings. The highest BCUT2D eigenvalue weighted by Crippen LogP contribution is 2.22. The summed E-state index contributed by atoms with van der Waals surface area (Å²) in [7, 11) is 1.62. The first-order valence-electron chi connectivity index (χ1n) is 7.07. The van der Waals surface area contributed by atoms with Crippen LogP contribution in [0.25, 0.3) is 6.08 Å². The second kappa shape index (κ2) is 8.04. The van der Waals surface area contributed by atoms with Gasteiger partial charge in [-0.25, -0.2) is 0 Å². The Bertz CT molecular complexity index is 711. The minimum Gasteiger partial charge on any atom is -0.497 e. The van der Waals surface area contributed by atoms with Crippen molar-refractivity contribution in [2.45, 2.75) is 13.0 Å². The van der Waals surface area contributed by atoms with Crippen LogP contribution in [0.3, 0.4) is 0 Å². The van der Waals surface area contributed by atoms with Crippen molar-refractivity contribution in [1.29, 1.82) is 0 Å². The summed E-state index contributed by atoms with van der Waals surface area (Å²) >= 11 is 11.9. The Kier molecular flexibility index (Phi) is 6.08. The number of benzene rings is 2. The van der Waals surface area contributed by atoms with Gasteiger partial charge in [-0.05, 0) is 48.4 Å². The highest BCUT2D eigenvalue weighted by atomic mass is 35.5. The number of ether oxygens (including phenoxy) is 1. The molecule has 1 atom stereocenters. The first-order valence-corrected chi connectivity index (χ1v) is 7.83. The number of hydrogen-bond donors (Lipinski definition) is 1. The zero-order chi connectivity index (χ0) is 16.8. The van der Waals surface area contributed by atoms with Crippen molar-refractivity contribution in [3.05, 3.63) is 69.7 Å². The maximum Gasteiger partial charge on any atom is 0.244 e. The van der Waals surface area contributed by atoms with Crippen LogP contribution in [0.2, 0.25) is 10.0 Å². The van der Waals surface area contributed by atoms with Crippen LogP contribution in [0.15, 0.2) is 48.5 Å². The summed E-state index contributed by atoms with van der Waals surface area (Å²) in [4.78, 5) is 12.0. The molecule has 0 aliphatic carbocycles. The van der Waals surface area contributed by atoms with Crippen LogP contribution in [-0.2, 0) is 4.79 Å².